The van der Waals surface area contributed by atoms with E-state index in [1.54, 1.807) is 0 Å². The molecule has 1 aliphatic heterocycles. The predicted octanol–water partition coefficient (Wildman–Crippen LogP) is 2.79. The summed E-state index contributed by atoms with van der Waals surface area (Å²) >= 11 is 0. The number of nitrogens with one attached hydrogen (secondary N) is 2. The number of nitrogens with zero attached hydrogens (tertiary/aromatic N) is 1. The molecule has 2 aromatic rings. The maximum Gasteiger partial charge on any atom is 0.272 e. The molecule has 0 unspecified atom stereocenters. The van der Waals surface area contributed by atoms with Crippen LogP contribution in [-0.4, -0.2) is 22.7 Å². The number of aromatic amines is 1. The van der Waals surface area contributed by atoms with E-state index in [-0.39, 0.29) is 11.9 Å². The van der Waals surface area contributed by atoms with Gasteiger partial charge in [0.1, 0.15) is 11.4 Å². The highest BCUT2D eigenvalue weighted by atomic mass is 16.5. The fraction of sp³-hybridized carbons (Fsp3) is 0.375. The first-order valence-electron chi connectivity index (χ1n) is 7.23. The van der Waals surface area contributed by atoms with E-state index >= 15 is 0 Å². The largest absolute Gasteiger partial charge is 0.493 e. The highest BCUT2D eigenvalue weighted by Gasteiger charge is 2.24. The molecule has 0 saturated heterocycles. The molecule has 21 heavy (non-hydrogen) atoms. The number of hydrogen-bond acceptors (Lipinski definition) is 3. The van der Waals surface area contributed by atoms with Crippen molar-refractivity contribution in [2.75, 3.05) is 6.61 Å². The minimum absolute atomic E-state index is 0.0263. The van der Waals surface area contributed by atoms with Gasteiger partial charge in [-0.05, 0) is 18.1 Å². The zero-order valence-corrected chi connectivity index (χ0v) is 12.2. The molecule has 5 nitrogen and oxygen atoms in total. The smallest absolute Gasteiger partial charge is 0.272 e. The van der Waals surface area contributed by atoms with Crippen LogP contribution >= 0.6 is 0 Å². The zero-order valence-electron chi connectivity index (χ0n) is 12.2. The molecule has 0 spiro atoms. The van der Waals surface area contributed by atoms with Gasteiger partial charge in [0.15, 0.2) is 0 Å². The summed E-state index contributed by atoms with van der Waals surface area (Å²) in [6.45, 7) is 4.73. The number of H-pyrrole nitrogens is 1. The molecule has 1 aromatic heterocycles. The molecular weight excluding hydrogens is 266 g/mol. The molecule has 5 heteroatoms. The van der Waals surface area contributed by atoms with Crippen LogP contribution in [0.25, 0.3) is 0 Å². The number of para-hydroxylation sites is 1. The number of fused-ring (bicyclic) bond motifs is 1. The molecule has 2 heterocycles. The quantitative estimate of drug-likeness (QED) is 0.911. The first-order chi connectivity index (χ1) is 10.1. The zero-order chi connectivity index (χ0) is 14.8. The molecule has 0 saturated carbocycles. The highest BCUT2D eigenvalue weighted by molar-refractivity contribution is 5.92. The fourth-order valence-corrected chi connectivity index (χ4v) is 2.47. The topological polar surface area (TPSA) is 67.0 Å². The lowest BCUT2D eigenvalue weighted by atomic mass is 10.0. The van der Waals surface area contributed by atoms with Crippen LogP contribution in [-0.2, 0) is 0 Å². The van der Waals surface area contributed by atoms with E-state index in [4.69, 9.17) is 4.74 Å². The third kappa shape index (κ3) is 2.77. The third-order valence-electron chi connectivity index (χ3n) is 3.72. The van der Waals surface area contributed by atoms with Crippen LogP contribution in [0.3, 0.4) is 0 Å². The summed E-state index contributed by atoms with van der Waals surface area (Å²) in [7, 11) is 0. The van der Waals surface area contributed by atoms with E-state index in [2.05, 4.69) is 29.4 Å². The molecule has 0 radical (unpaired) electrons. The first-order valence-corrected chi connectivity index (χ1v) is 7.23. The van der Waals surface area contributed by atoms with Crippen molar-refractivity contribution in [1.82, 2.24) is 15.5 Å². The van der Waals surface area contributed by atoms with Gasteiger partial charge in [0.05, 0.1) is 12.6 Å². The van der Waals surface area contributed by atoms with Crippen molar-refractivity contribution in [3.63, 3.8) is 0 Å². The van der Waals surface area contributed by atoms with Gasteiger partial charge in [-0.2, -0.15) is 5.10 Å². The second kappa shape index (κ2) is 5.60. The molecule has 1 aliphatic rings. The maximum atomic E-state index is 12.3. The van der Waals surface area contributed by atoms with Gasteiger partial charge in [-0.1, -0.05) is 32.0 Å². The predicted molar refractivity (Wildman–Crippen MR) is 79.4 cm³/mol. The van der Waals surface area contributed by atoms with E-state index in [9.17, 15) is 4.79 Å². The minimum atomic E-state index is -0.153. The number of carbonyl (C=O) groups is 1. The van der Waals surface area contributed by atoms with E-state index in [1.165, 1.54) is 0 Å². The number of ether oxygens (including phenoxy) is 1. The summed E-state index contributed by atoms with van der Waals surface area (Å²) in [5, 5.41) is 10.0. The van der Waals surface area contributed by atoms with Crippen LogP contribution in [0.4, 0.5) is 0 Å². The Labute approximate surface area is 123 Å². The van der Waals surface area contributed by atoms with Crippen LogP contribution in [0.15, 0.2) is 30.3 Å². The lowest BCUT2D eigenvalue weighted by Crippen LogP contribution is -2.32. The minimum Gasteiger partial charge on any atom is -0.493 e. The SMILES string of the molecule is CC(C)c1cc(C(=O)N[C@H]2CCOc3ccccc32)n[nH]1. The molecule has 110 valence electrons. The molecule has 1 aromatic carbocycles. The molecule has 0 bridgehead atoms. The van der Waals surface area contributed by atoms with E-state index < -0.39 is 0 Å². The summed E-state index contributed by atoms with van der Waals surface area (Å²) in [5.41, 5.74) is 2.42. The monoisotopic (exact) mass is 285 g/mol. The fourth-order valence-electron chi connectivity index (χ4n) is 2.47. The standard InChI is InChI=1S/C16H19N3O2/c1-10(2)13-9-14(19-18-13)16(20)17-12-7-8-21-15-6-4-3-5-11(12)15/h3-6,9-10,12H,7-8H2,1-2H3,(H,17,20)(H,18,19)/t12-/m0/s1. The first kappa shape index (κ1) is 13.7. The van der Waals surface area contributed by atoms with Crippen molar-refractivity contribution in [2.45, 2.75) is 32.2 Å². The van der Waals surface area contributed by atoms with Crippen LogP contribution in [0.2, 0.25) is 0 Å². The highest BCUT2D eigenvalue weighted by Crippen LogP contribution is 2.31. The summed E-state index contributed by atoms with van der Waals surface area (Å²) < 4.78 is 5.60. The van der Waals surface area contributed by atoms with E-state index in [0.717, 1.165) is 23.4 Å². The Morgan fingerprint density at radius 1 is 1.43 bits per heavy atom. The maximum absolute atomic E-state index is 12.3. The molecule has 0 fully saturated rings. The third-order valence-corrected chi connectivity index (χ3v) is 3.72. The van der Waals surface area contributed by atoms with Gasteiger partial charge in [0, 0.05) is 17.7 Å². The second-order valence-electron chi connectivity index (χ2n) is 5.56. The van der Waals surface area contributed by atoms with Gasteiger partial charge in [-0.25, -0.2) is 0 Å². The number of hydrogen-bond donors (Lipinski definition) is 2. The summed E-state index contributed by atoms with van der Waals surface area (Å²) in [4.78, 5) is 12.3. The van der Waals surface area contributed by atoms with Crippen LogP contribution < -0.4 is 10.1 Å². The molecule has 1 amide bonds. The molecule has 2 N–H and O–H groups in total. The van der Waals surface area contributed by atoms with Crippen molar-refractivity contribution < 1.29 is 9.53 Å². The summed E-state index contributed by atoms with van der Waals surface area (Å²) in [6.07, 6.45) is 0.768. The lowest BCUT2D eigenvalue weighted by Gasteiger charge is -2.26. The molecule has 0 aliphatic carbocycles. The number of amides is 1. The second-order valence-corrected chi connectivity index (χ2v) is 5.56. The van der Waals surface area contributed by atoms with Crippen molar-refractivity contribution in [3.05, 3.63) is 47.3 Å². The number of benzene rings is 1. The Bertz CT molecular complexity index is 648. The van der Waals surface area contributed by atoms with E-state index in [0.29, 0.717) is 18.2 Å². The Hall–Kier alpha value is -2.30. The number of carbonyl (C=O) groups excluding carboxylic acids is 1. The van der Waals surface area contributed by atoms with E-state index in [1.807, 2.05) is 30.3 Å². The number of aromatic nitrogens is 2. The Morgan fingerprint density at radius 2 is 2.24 bits per heavy atom. The van der Waals surface area contributed by atoms with Crippen LogP contribution in [0.5, 0.6) is 5.75 Å². The average molecular weight is 285 g/mol. The Kier molecular flexibility index (Phi) is 3.64. The Morgan fingerprint density at radius 3 is 3.00 bits per heavy atom. The van der Waals surface area contributed by atoms with Crippen molar-refractivity contribution in [2.24, 2.45) is 0 Å². The average Bonchev–Trinajstić information content (AvgIpc) is 2.98. The van der Waals surface area contributed by atoms with Gasteiger partial charge in [-0.15, -0.1) is 0 Å². The van der Waals surface area contributed by atoms with Crippen LogP contribution in [0.1, 0.15) is 54.0 Å². The van der Waals surface area contributed by atoms with Gasteiger partial charge >= 0.3 is 0 Å². The van der Waals surface area contributed by atoms with Gasteiger partial charge in [-0.3, -0.25) is 9.89 Å². The molecule has 1 atom stereocenters. The lowest BCUT2D eigenvalue weighted by molar-refractivity contribution is 0.0919. The molecule has 3 rings (SSSR count). The number of rotatable bonds is 3. The Balaban J connectivity index is 1.76. The van der Waals surface area contributed by atoms with Gasteiger partial charge in [0.25, 0.3) is 5.91 Å². The summed E-state index contributed by atoms with van der Waals surface area (Å²) in [5.74, 6) is 1.02. The van der Waals surface area contributed by atoms with Gasteiger partial charge in [0.2, 0.25) is 0 Å². The van der Waals surface area contributed by atoms with Crippen LogP contribution in [0, 0.1) is 0 Å². The van der Waals surface area contributed by atoms with Crippen molar-refractivity contribution >= 4 is 5.91 Å². The normalized spacial score (nSPS) is 17.2. The molecular formula is C16H19N3O2. The summed E-state index contributed by atoms with van der Waals surface area (Å²) in [6, 6.07) is 9.60. The van der Waals surface area contributed by atoms with Crippen molar-refractivity contribution in [1.29, 1.82) is 0 Å². The van der Waals surface area contributed by atoms with Crippen molar-refractivity contribution in [3.8, 4) is 5.75 Å². The van der Waals surface area contributed by atoms with Gasteiger partial charge < -0.3 is 10.1 Å².